The third-order valence-electron chi connectivity index (χ3n) is 2.98. The van der Waals surface area contributed by atoms with Crippen LogP contribution in [-0.2, 0) is 13.1 Å². The molecule has 3 rings (SSSR count). The van der Waals surface area contributed by atoms with Crippen molar-refractivity contribution in [1.82, 2.24) is 20.0 Å². The first-order valence-corrected chi connectivity index (χ1v) is 6.68. The van der Waals surface area contributed by atoms with Crippen LogP contribution in [-0.4, -0.2) is 27.1 Å². The van der Waals surface area contributed by atoms with E-state index in [1.54, 1.807) is 13.1 Å². The van der Waals surface area contributed by atoms with Crippen molar-refractivity contribution >= 4 is 0 Å². The highest BCUT2D eigenvalue weighted by molar-refractivity contribution is 5.52. The van der Waals surface area contributed by atoms with Crippen LogP contribution in [0, 0.1) is 6.92 Å². The topological polar surface area (TPSA) is 68.2 Å². The molecule has 0 atom stereocenters. The summed E-state index contributed by atoms with van der Waals surface area (Å²) in [4.78, 5) is 10.5. The van der Waals surface area contributed by atoms with Gasteiger partial charge in [0.2, 0.25) is 11.8 Å². The minimum Gasteiger partial charge on any atom is -0.440 e. The zero-order chi connectivity index (χ0) is 14.7. The summed E-state index contributed by atoms with van der Waals surface area (Å²) in [6.45, 7) is 3.01. The fraction of sp³-hybridized carbons (Fsp3) is 0.267. The molecule has 0 aliphatic carbocycles. The predicted octanol–water partition coefficient (Wildman–Crippen LogP) is 2.67. The SMILES string of the molecule is Cc1nc(CN(C)Cc2cnc(-c3ccccc3)o2)no1. The fourth-order valence-electron chi connectivity index (χ4n) is 2.06. The largest absolute Gasteiger partial charge is 0.440 e. The zero-order valence-corrected chi connectivity index (χ0v) is 12.0. The lowest BCUT2D eigenvalue weighted by Gasteiger charge is -2.11. The van der Waals surface area contributed by atoms with Gasteiger partial charge in [0.15, 0.2) is 5.82 Å². The summed E-state index contributed by atoms with van der Waals surface area (Å²) < 4.78 is 10.7. The summed E-state index contributed by atoms with van der Waals surface area (Å²) in [6, 6.07) is 9.84. The molecule has 0 spiro atoms. The van der Waals surface area contributed by atoms with Gasteiger partial charge in [0.1, 0.15) is 5.76 Å². The Bertz CT molecular complexity index is 705. The summed E-state index contributed by atoms with van der Waals surface area (Å²) in [7, 11) is 1.97. The Kier molecular flexibility index (Phi) is 3.79. The van der Waals surface area contributed by atoms with E-state index in [1.165, 1.54) is 0 Å². The van der Waals surface area contributed by atoms with Crippen LogP contribution in [0.5, 0.6) is 0 Å². The Hall–Kier alpha value is -2.47. The first kappa shape index (κ1) is 13.5. The monoisotopic (exact) mass is 284 g/mol. The predicted molar refractivity (Wildman–Crippen MR) is 76.1 cm³/mol. The standard InChI is InChI=1S/C15H16N4O2/c1-11-17-14(18-21-11)10-19(2)9-13-8-16-15(20-13)12-6-4-3-5-7-12/h3-8H,9-10H2,1-2H3. The first-order valence-electron chi connectivity index (χ1n) is 6.68. The minimum atomic E-state index is 0.574. The van der Waals surface area contributed by atoms with Crippen molar-refractivity contribution in [3.05, 3.63) is 54.0 Å². The van der Waals surface area contributed by atoms with E-state index in [2.05, 4.69) is 15.1 Å². The van der Waals surface area contributed by atoms with Crippen LogP contribution in [0.15, 0.2) is 45.5 Å². The quantitative estimate of drug-likeness (QED) is 0.717. The number of oxazole rings is 1. The molecule has 0 N–H and O–H groups in total. The van der Waals surface area contributed by atoms with E-state index in [4.69, 9.17) is 8.94 Å². The average Bonchev–Trinajstić information content (AvgIpc) is 3.09. The molecule has 1 aromatic carbocycles. The van der Waals surface area contributed by atoms with Gasteiger partial charge in [0, 0.05) is 12.5 Å². The minimum absolute atomic E-state index is 0.574. The molecule has 0 bridgehead atoms. The van der Waals surface area contributed by atoms with Crippen LogP contribution >= 0.6 is 0 Å². The van der Waals surface area contributed by atoms with Crippen LogP contribution < -0.4 is 0 Å². The van der Waals surface area contributed by atoms with Gasteiger partial charge < -0.3 is 8.94 Å². The van der Waals surface area contributed by atoms with E-state index in [9.17, 15) is 0 Å². The Morgan fingerprint density at radius 1 is 1.14 bits per heavy atom. The van der Waals surface area contributed by atoms with Crippen molar-refractivity contribution < 1.29 is 8.94 Å². The molecule has 21 heavy (non-hydrogen) atoms. The number of benzene rings is 1. The molecular weight excluding hydrogens is 268 g/mol. The van der Waals surface area contributed by atoms with Crippen LogP contribution in [0.4, 0.5) is 0 Å². The van der Waals surface area contributed by atoms with Crippen molar-refractivity contribution in [2.45, 2.75) is 20.0 Å². The summed E-state index contributed by atoms with van der Waals surface area (Å²) in [5.74, 6) is 2.67. The highest BCUT2D eigenvalue weighted by atomic mass is 16.5. The highest BCUT2D eigenvalue weighted by Gasteiger charge is 2.11. The molecule has 2 aromatic heterocycles. The normalized spacial score (nSPS) is 11.2. The van der Waals surface area contributed by atoms with Gasteiger partial charge in [-0.3, -0.25) is 4.90 Å². The second-order valence-corrected chi connectivity index (χ2v) is 4.90. The van der Waals surface area contributed by atoms with Gasteiger partial charge in [-0.05, 0) is 19.2 Å². The molecular formula is C15H16N4O2. The second kappa shape index (κ2) is 5.88. The molecule has 0 fully saturated rings. The Labute approximate surface area is 122 Å². The number of aromatic nitrogens is 3. The van der Waals surface area contributed by atoms with Crippen molar-refractivity contribution in [2.75, 3.05) is 7.05 Å². The maximum Gasteiger partial charge on any atom is 0.226 e. The lowest BCUT2D eigenvalue weighted by Crippen LogP contribution is -2.17. The van der Waals surface area contributed by atoms with Gasteiger partial charge in [0.05, 0.1) is 19.3 Å². The molecule has 0 saturated heterocycles. The van der Waals surface area contributed by atoms with Crippen LogP contribution in [0.25, 0.3) is 11.5 Å². The van der Waals surface area contributed by atoms with E-state index in [0.29, 0.717) is 30.7 Å². The van der Waals surface area contributed by atoms with E-state index < -0.39 is 0 Å². The Morgan fingerprint density at radius 3 is 2.67 bits per heavy atom. The van der Waals surface area contributed by atoms with Crippen molar-refractivity contribution in [2.24, 2.45) is 0 Å². The van der Waals surface area contributed by atoms with E-state index >= 15 is 0 Å². The van der Waals surface area contributed by atoms with Gasteiger partial charge in [0.25, 0.3) is 0 Å². The molecule has 0 aliphatic heterocycles. The number of hydrogen-bond donors (Lipinski definition) is 0. The third-order valence-corrected chi connectivity index (χ3v) is 2.98. The van der Waals surface area contributed by atoms with E-state index in [0.717, 1.165) is 11.3 Å². The van der Waals surface area contributed by atoms with Gasteiger partial charge in [-0.15, -0.1) is 0 Å². The van der Waals surface area contributed by atoms with Gasteiger partial charge in [-0.1, -0.05) is 23.4 Å². The Morgan fingerprint density at radius 2 is 1.95 bits per heavy atom. The smallest absolute Gasteiger partial charge is 0.226 e. The zero-order valence-electron chi connectivity index (χ0n) is 12.0. The van der Waals surface area contributed by atoms with Crippen LogP contribution in [0.3, 0.4) is 0 Å². The highest BCUT2D eigenvalue weighted by Crippen LogP contribution is 2.19. The van der Waals surface area contributed by atoms with Gasteiger partial charge >= 0.3 is 0 Å². The molecule has 6 heteroatoms. The van der Waals surface area contributed by atoms with Gasteiger partial charge in [-0.25, -0.2) is 4.98 Å². The molecule has 0 unspecified atom stereocenters. The summed E-state index contributed by atoms with van der Waals surface area (Å²) >= 11 is 0. The Balaban J connectivity index is 1.64. The third kappa shape index (κ3) is 3.35. The van der Waals surface area contributed by atoms with Crippen LogP contribution in [0.2, 0.25) is 0 Å². The molecule has 108 valence electrons. The summed E-state index contributed by atoms with van der Waals surface area (Å²) in [5.41, 5.74) is 0.972. The molecule has 0 radical (unpaired) electrons. The maximum absolute atomic E-state index is 5.77. The first-order chi connectivity index (χ1) is 10.2. The molecule has 0 amide bonds. The average molecular weight is 284 g/mol. The molecule has 6 nitrogen and oxygen atoms in total. The number of hydrogen-bond acceptors (Lipinski definition) is 6. The number of aryl methyl sites for hydroxylation is 1. The van der Waals surface area contributed by atoms with Crippen molar-refractivity contribution in [1.29, 1.82) is 0 Å². The summed E-state index contributed by atoms with van der Waals surface area (Å²) in [5, 5.41) is 3.88. The lowest BCUT2D eigenvalue weighted by atomic mass is 10.2. The summed E-state index contributed by atoms with van der Waals surface area (Å²) in [6.07, 6.45) is 1.75. The number of rotatable bonds is 5. The molecule has 0 saturated carbocycles. The van der Waals surface area contributed by atoms with Crippen molar-refractivity contribution in [3.8, 4) is 11.5 Å². The molecule has 0 aliphatic rings. The fourth-order valence-corrected chi connectivity index (χ4v) is 2.06. The van der Waals surface area contributed by atoms with E-state index in [-0.39, 0.29) is 0 Å². The number of nitrogens with zero attached hydrogens (tertiary/aromatic N) is 4. The van der Waals surface area contributed by atoms with Crippen LogP contribution in [0.1, 0.15) is 17.5 Å². The lowest BCUT2D eigenvalue weighted by molar-refractivity contribution is 0.276. The van der Waals surface area contributed by atoms with Gasteiger partial charge in [-0.2, -0.15) is 4.98 Å². The second-order valence-electron chi connectivity index (χ2n) is 4.90. The van der Waals surface area contributed by atoms with E-state index in [1.807, 2.05) is 42.3 Å². The maximum atomic E-state index is 5.77. The van der Waals surface area contributed by atoms with Crippen molar-refractivity contribution in [3.63, 3.8) is 0 Å². The molecule has 2 heterocycles. The molecule has 3 aromatic rings.